The van der Waals surface area contributed by atoms with Crippen molar-refractivity contribution < 1.29 is 9.15 Å². The van der Waals surface area contributed by atoms with Crippen LogP contribution in [0.3, 0.4) is 0 Å². The van der Waals surface area contributed by atoms with E-state index in [9.17, 15) is 0 Å². The van der Waals surface area contributed by atoms with E-state index in [-0.39, 0.29) is 0 Å². The van der Waals surface area contributed by atoms with Crippen LogP contribution < -0.4 is 14.5 Å². The van der Waals surface area contributed by atoms with Crippen LogP contribution in [0.25, 0.3) is 55.0 Å². The Hall–Kier alpha value is -7.56. The van der Waals surface area contributed by atoms with Gasteiger partial charge in [0.2, 0.25) is 0 Å². The lowest BCUT2D eigenvalue weighted by atomic mass is 9.89. The molecule has 10 aromatic rings. The molecule has 1 aromatic heterocycles. The summed E-state index contributed by atoms with van der Waals surface area (Å²) >= 11 is 0. The van der Waals surface area contributed by atoms with Crippen LogP contribution in [-0.2, 0) is 0 Å². The fourth-order valence-electron chi connectivity index (χ4n) is 10.1. The van der Waals surface area contributed by atoms with Gasteiger partial charge in [-0.3, -0.25) is 0 Å². The molecule has 0 radical (unpaired) electrons. The minimum atomic E-state index is 0.858. The molecule has 0 saturated carbocycles. The van der Waals surface area contributed by atoms with Crippen LogP contribution >= 0.6 is 0 Å². The number of hydrogen-bond acceptors (Lipinski definition) is 4. The predicted molar refractivity (Wildman–Crippen MR) is 260 cm³/mol. The Bertz CT molecular complexity index is 3290. The maximum atomic E-state index is 6.92. The first kappa shape index (κ1) is 37.4. The first-order valence-corrected chi connectivity index (χ1v) is 21.4. The standard InChI is InChI=1S/C58H46N2O2/c1-35-29-37(3)57(38(4)30-35)60(58-39(5)31-36(2)32-40(58)6)45-24-26-49-51-28-27-46(50-16-12-18-53(56(50)51)62-55(49)34-45)41-19-21-43(22-20-41)59(42-13-8-7-9-14-42)44-23-25-48-47-15-10-11-17-52(47)61-54(48)33-44/h7-34H,1-6H3. The van der Waals surface area contributed by atoms with E-state index in [4.69, 9.17) is 9.15 Å². The molecule has 0 N–H and O–H groups in total. The Morgan fingerprint density at radius 2 is 0.903 bits per heavy atom. The van der Waals surface area contributed by atoms with Gasteiger partial charge in [0.05, 0.1) is 11.4 Å². The molecule has 9 aromatic carbocycles. The molecule has 2 heterocycles. The molecule has 0 bridgehead atoms. The predicted octanol–water partition coefficient (Wildman–Crippen LogP) is 17.0. The average molecular weight is 803 g/mol. The van der Waals surface area contributed by atoms with Crippen molar-refractivity contribution in [2.75, 3.05) is 9.80 Å². The summed E-state index contributed by atoms with van der Waals surface area (Å²) in [6.07, 6.45) is 0. The highest BCUT2D eigenvalue weighted by atomic mass is 16.5. The Morgan fingerprint density at radius 3 is 1.61 bits per heavy atom. The third-order valence-electron chi connectivity index (χ3n) is 12.5. The molecule has 11 rings (SSSR count). The third-order valence-corrected chi connectivity index (χ3v) is 12.5. The van der Waals surface area contributed by atoms with Crippen molar-refractivity contribution in [3.63, 3.8) is 0 Å². The number of anilines is 6. The molecule has 300 valence electrons. The highest BCUT2D eigenvalue weighted by Crippen LogP contribution is 2.52. The molecule has 0 amide bonds. The lowest BCUT2D eigenvalue weighted by Crippen LogP contribution is -2.16. The number of furan rings is 1. The zero-order chi connectivity index (χ0) is 42.2. The van der Waals surface area contributed by atoms with Gasteiger partial charge in [-0.05, 0) is 147 Å². The maximum Gasteiger partial charge on any atom is 0.137 e. The van der Waals surface area contributed by atoms with E-state index in [2.05, 4.69) is 209 Å². The highest BCUT2D eigenvalue weighted by Gasteiger charge is 2.26. The molecule has 1 aliphatic heterocycles. The number of nitrogens with zero attached hydrogens (tertiary/aromatic N) is 2. The van der Waals surface area contributed by atoms with Crippen LogP contribution in [0.4, 0.5) is 34.1 Å². The third kappa shape index (κ3) is 6.13. The largest absolute Gasteiger partial charge is 0.456 e. The first-order valence-electron chi connectivity index (χ1n) is 21.4. The van der Waals surface area contributed by atoms with E-state index >= 15 is 0 Å². The van der Waals surface area contributed by atoms with Crippen LogP contribution in [0.5, 0.6) is 11.5 Å². The topological polar surface area (TPSA) is 28.9 Å². The zero-order valence-electron chi connectivity index (χ0n) is 35.9. The van der Waals surface area contributed by atoms with Crippen molar-refractivity contribution in [1.82, 2.24) is 0 Å². The SMILES string of the molecule is Cc1cc(C)c(N(c2ccc3c(c2)Oc2cccc4c(-c5ccc(N(c6ccccc6)c6ccc7c(c6)oc6ccccc67)cc5)ccc-3c24)c2c(C)cc(C)cc2C)c(C)c1. The zero-order valence-corrected chi connectivity index (χ0v) is 35.9. The van der Waals surface area contributed by atoms with Gasteiger partial charge in [-0.1, -0.05) is 108 Å². The summed E-state index contributed by atoms with van der Waals surface area (Å²) in [5.74, 6) is 1.73. The van der Waals surface area contributed by atoms with E-state index in [1.165, 1.54) is 50.3 Å². The summed E-state index contributed by atoms with van der Waals surface area (Å²) in [5.41, 5.74) is 20.5. The van der Waals surface area contributed by atoms with E-state index in [1.54, 1.807) is 0 Å². The monoisotopic (exact) mass is 802 g/mol. The summed E-state index contributed by atoms with van der Waals surface area (Å²) < 4.78 is 13.2. The molecule has 4 heteroatoms. The van der Waals surface area contributed by atoms with E-state index in [0.29, 0.717) is 0 Å². The molecular formula is C58H46N2O2. The van der Waals surface area contributed by atoms with Crippen molar-refractivity contribution in [1.29, 1.82) is 0 Å². The van der Waals surface area contributed by atoms with Gasteiger partial charge in [0, 0.05) is 56.6 Å². The number of fused-ring (bicyclic) bond motifs is 5. The quantitative estimate of drug-likeness (QED) is 0.160. The van der Waals surface area contributed by atoms with E-state index < -0.39 is 0 Å². The number of benzene rings is 9. The summed E-state index contributed by atoms with van der Waals surface area (Å²) in [7, 11) is 0. The van der Waals surface area contributed by atoms with Crippen LogP contribution in [0.15, 0.2) is 174 Å². The number of para-hydroxylation sites is 2. The van der Waals surface area contributed by atoms with Gasteiger partial charge in [0.1, 0.15) is 22.7 Å². The van der Waals surface area contributed by atoms with Crippen LogP contribution in [0.2, 0.25) is 0 Å². The molecule has 4 nitrogen and oxygen atoms in total. The van der Waals surface area contributed by atoms with Crippen LogP contribution in [0.1, 0.15) is 33.4 Å². The van der Waals surface area contributed by atoms with E-state index in [0.717, 1.165) is 83.6 Å². The second-order valence-electron chi connectivity index (χ2n) is 16.9. The fourth-order valence-corrected chi connectivity index (χ4v) is 10.1. The second-order valence-corrected chi connectivity index (χ2v) is 16.9. The second kappa shape index (κ2) is 14.6. The lowest BCUT2D eigenvalue weighted by Gasteiger charge is -2.33. The molecule has 1 aliphatic rings. The maximum absolute atomic E-state index is 6.92. The minimum absolute atomic E-state index is 0.858. The number of rotatable bonds is 7. The fraction of sp³-hybridized carbons (Fsp3) is 0.103. The molecule has 0 aliphatic carbocycles. The van der Waals surface area contributed by atoms with E-state index in [1.807, 2.05) is 12.1 Å². The van der Waals surface area contributed by atoms with Crippen molar-refractivity contribution >= 4 is 66.8 Å². The molecule has 0 atom stereocenters. The number of ether oxygens (including phenoxy) is 1. The molecule has 0 saturated heterocycles. The molecule has 0 spiro atoms. The van der Waals surface area contributed by atoms with Crippen molar-refractivity contribution in [3.05, 3.63) is 203 Å². The van der Waals surface area contributed by atoms with Gasteiger partial charge in [-0.15, -0.1) is 0 Å². The number of aryl methyl sites for hydroxylation is 6. The molecular weight excluding hydrogens is 757 g/mol. The number of hydrogen-bond donors (Lipinski definition) is 0. The molecule has 62 heavy (non-hydrogen) atoms. The van der Waals surface area contributed by atoms with Crippen LogP contribution in [-0.4, -0.2) is 0 Å². The first-order chi connectivity index (χ1) is 30.2. The molecule has 0 fully saturated rings. The normalized spacial score (nSPS) is 11.8. The van der Waals surface area contributed by atoms with Crippen molar-refractivity contribution in [2.24, 2.45) is 0 Å². The smallest absolute Gasteiger partial charge is 0.137 e. The van der Waals surface area contributed by atoms with Gasteiger partial charge in [-0.2, -0.15) is 0 Å². The summed E-state index contributed by atoms with van der Waals surface area (Å²) in [5, 5.41) is 4.54. The van der Waals surface area contributed by atoms with Crippen molar-refractivity contribution in [2.45, 2.75) is 41.5 Å². The summed E-state index contributed by atoms with van der Waals surface area (Å²) in [6, 6.07) is 61.0. The van der Waals surface area contributed by atoms with Gasteiger partial charge in [-0.25, -0.2) is 0 Å². The Labute approximate surface area is 362 Å². The van der Waals surface area contributed by atoms with Crippen molar-refractivity contribution in [3.8, 4) is 33.8 Å². The summed E-state index contributed by atoms with van der Waals surface area (Å²) in [4.78, 5) is 4.73. The highest BCUT2D eigenvalue weighted by molar-refractivity contribution is 6.11. The Kier molecular flexibility index (Phi) is 8.80. The lowest BCUT2D eigenvalue weighted by molar-refractivity contribution is 0.487. The Morgan fingerprint density at radius 1 is 0.355 bits per heavy atom. The minimum Gasteiger partial charge on any atom is -0.456 e. The van der Waals surface area contributed by atoms with Gasteiger partial charge < -0.3 is 19.0 Å². The van der Waals surface area contributed by atoms with Gasteiger partial charge in [0.25, 0.3) is 0 Å². The van der Waals surface area contributed by atoms with Crippen LogP contribution in [0, 0.1) is 41.5 Å². The molecule has 0 unspecified atom stereocenters. The summed E-state index contributed by atoms with van der Waals surface area (Å²) in [6.45, 7) is 13.2. The average Bonchev–Trinajstić information content (AvgIpc) is 3.64. The van der Waals surface area contributed by atoms with Gasteiger partial charge >= 0.3 is 0 Å². The Balaban J connectivity index is 0.983. The van der Waals surface area contributed by atoms with Gasteiger partial charge in [0.15, 0.2) is 0 Å².